The summed E-state index contributed by atoms with van der Waals surface area (Å²) in [6.07, 6.45) is 0. The summed E-state index contributed by atoms with van der Waals surface area (Å²) in [5.41, 5.74) is 4.84. The zero-order chi connectivity index (χ0) is 26.0. The van der Waals surface area contributed by atoms with E-state index in [0.29, 0.717) is 54.5 Å². The minimum absolute atomic E-state index is 0.163. The van der Waals surface area contributed by atoms with E-state index in [9.17, 15) is 10.5 Å². The summed E-state index contributed by atoms with van der Waals surface area (Å²) < 4.78 is 9.82. The number of para-hydroxylation sites is 1. The Morgan fingerprint density at radius 3 is 2.16 bits per heavy atom. The van der Waals surface area contributed by atoms with Crippen molar-refractivity contribution in [3.63, 3.8) is 0 Å². The van der Waals surface area contributed by atoms with Crippen LogP contribution in [0.5, 0.6) is 0 Å². The molecule has 4 radical (unpaired) electrons. The third-order valence-corrected chi connectivity index (χ3v) is 7.67. The van der Waals surface area contributed by atoms with Gasteiger partial charge in [-0.15, -0.1) is 11.3 Å². The fourth-order valence-corrected chi connectivity index (χ4v) is 5.74. The highest BCUT2D eigenvalue weighted by Crippen LogP contribution is 2.28. The Balaban J connectivity index is 1.76. The quantitative estimate of drug-likeness (QED) is 0.344. The van der Waals surface area contributed by atoms with Gasteiger partial charge in [0.2, 0.25) is 21.9 Å². The zero-order valence-corrected chi connectivity index (χ0v) is 21.0. The van der Waals surface area contributed by atoms with Crippen molar-refractivity contribution >= 4 is 70.5 Å². The molecule has 10 heteroatoms. The van der Waals surface area contributed by atoms with Crippen molar-refractivity contribution < 1.29 is 4.42 Å². The molecule has 7 nitrogen and oxygen atoms in total. The second-order valence-corrected chi connectivity index (χ2v) is 9.84. The van der Waals surface area contributed by atoms with Gasteiger partial charge in [-0.05, 0) is 50.6 Å². The number of nitrogens with zero attached hydrogens (tertiary/aromatic N) is 6. The third-order valence-electron chi connectivity index (χ3n) is 6.61. The first-order chi connectivity index (χ1) is 17.8. The van der Waals surface area contributed by atoms with Crippen LogP contribution >= 0.6 is 11.3 Å². The van der Waals surface area contributed by atoms with Crippen molar-refractivity contribution in [2.75, 3.05) is 0 Å². The van der Waals surface area contributed by atoms with E-state index in [-0.39, 0.29) is 11.5 Å². The number of oxazole rings is 1. The van der Waals surface area contributed by atoms with Crippen molar-refractivity contribution in [1.29, 1.82) is 10.5 Å². The number of benzene rings is 2. The van der Waals surface area contributed by atoms with E-state index in [0.717, 1.165) is 15.8 Å². The topological polar surface area (TPSA) is 96.4 Å². The van der Waals surface area contributed by atoms with Crippen molar-refractivity contribution in [1.82, 2.24) is 18.9 Å². The number of aryl methyl sites for hydroxylation is 3. The highest BCUT2D eigenvalue weighted by molar-refractivity contribution is 7.19. The van der Waals surface area contributed by atoms with Crippen LogP contribution in [0, 0.1) is 43.4 Å². The average Bonchev–Trinajstić information content (AvgIpc) is 3.62. The predicted octanol–water partition coefficient (Wildman–Crippen LogP) is 3.43. The Morgan fingerprint density at radius 1 is 0.865 bits per heavy atom. The van der Waals surface area contributed by atoms with E-state index >= 15 is 0 Å². The van der Waals surface area contributed by atoms with E-state index in [1.807, 2.05) is 63.2 Å². The van der Waals surface area contributed by atoms with Crippen LogP contribution in [-0.2, 0) is 0 Å². The fourth-order valence-electron chi connectivity index (χ4n) is 4.78. The van der Waals surface area contributed by atoms with Crippen molar-refractivity contribution in [2.45, 2.75) is 20.8 Å². The lowest BCUT2D eigenvalue weighted by atomic mass is 10.1. The maximum atomic E-state index is 10.2. The molecule has 6 rings (SSSR count). The Kier molecular flexibility index (Phi) is 5.11. The molecule has 37 heavy (non-hydrogen) atoms. The van der Waals surface area contributed by atoms with E-state index < -0.39 is 0 Å². The summed E-state index contributed by atoms with van der Waals surface area (Å²) >= 11 is 1.42. The van der Waals surface area contributed by atoms with Gasteiger partial charge in [0.15, 0.2) is 5.58 Å². The van der Waals surface area contributed by atoms with Gasteiger partial charge in [0.05, 0.1) is 20.9 Å². The second kappa shape index (κ2) is 8.26. The van der Waals surface area contributed by atoms with Gasteiger partial charge in [-0.25, -0.2) is 9.97 Å². The normalized spacial score (nSPS) is 13.2. The van der Waals surface area contributed by atoms with E-state index in [1.165, 1.54) is 20.3 Å². The summed E-state index contributed by atoms with van der Waals surface area (Å²) in [5, 5.41) is 23.3. The molecule has 0 fully saturated rings. The summed E-state index contributed by atoms with van der Waals surface area (Å²) in [4.78, 5) is 9.24. The third kappa shape index (κ3) is 3.27. The lowest BCUT2D eigenvalue weighted by molar-refractivity contribution is 0.585. The second-order valence-electron chi connectivity index (χ2n) is 8.81. The van der Waals surface area contributed by atoms with Gasteiger partial charge in [-0.3, -0.25) is 0 Å². The highest BCUT2D eigenvalue weighted by atomic mass is 32.1. The summed E-state index contributed by atoms with van der Waals surface area (Å²) in [5.74, 6) is 0.163. The van der Waals surface area contributed by atoms with Crippen LogP contribution in [0.15, 0.2) is 46.9 Å². The van der Waals surface area contributed by atoms with Gasteiger partial charge < -0.3 is 13.4 Å². The number of aromatic nitrogens is 4. The molecule has 2 aromatic carbocycles. The van der Waals surface area contributed by atoms with Gasteiger partial charge in [0.1, 0.15) is 33.8 Å². The van der Waals surface area contributed by atoms with Crippen LogP contribution in [0.4, 0.5) is 0 Å². The van der Waals surface area contributed by atoms with Crippen LogP contribution in [0.1, 0.15) is 27.8 Å². The molecule has 0 N–H and O–H groups in total. The Labute approximate surface area is 218 Å². The van der Waals surface area contributed by atoms with Gasteiger partial charge in [0, 0.05) is 22.2 Å². The molecule has 4 heterocycles. The molecule has 0 aliphatic carbocycles. The first-order valence-electron chi connectivity index (χ1n) is 11.4. The Bertz CT molecular complexity index is 2100. The number of fused-ring (bicyclic) bond motifs is 3. The van der Waals surface area contributed by atoms with Crippen LogP contribution < -0.4 is 10.7 Å². The van der Waals surface area contributed by atoms with Crippen molar-refractivity contribution in [3.05, 3.63) is 81.0 Å². The molecule has 0 aliphatic heterocycles. The molecule has 0 spiro atoms. The molecule has 0 unspecified atom stereocenters. The Hall–Kier alpha value is -4.53. The molecule has 0 bridgehead atoms. The number of hydrogen-bond donors (Lipinski definition) is 0. The lowest BCUT2D eigenvalue weighted by Crippen LogP contribution is -2.23. The first-order valence-corrected chi connectivity index (χ1v) is 12.2. The Morgan fingerprint density at radius 2 is 1.51 bits per heavy atom. The SMILES string of the molecule is [B]n1c(C)c2/c(=C(\C#N)c3nc4ccccc4s3)n([B])c(C)c2/c1=C(\C#N)c1nc2cc(C)ccc2o1. The minimum Gasteiger partial charge on any atom is -0.435 e. The van der Waals surface area contributed by atoms with Crippen LogP contribution in [0.25, 0.3) is 43.2 Å². The standard InChI is InChI=1S/C27H16B2N6OS/c1-13-8-9-20-19(10-13)32-26(36-20)16(11-30)24-22-14(2)35(29)25(23(22)15(3)34(24)28)17(12-31)27-33-18-6-4-5-7-21(18)37-27/h4-10H,1-3H3/b24-16-,25-17-. The molecular weight excluding hydrogens is 478 g/mol. The molecule has 0 aliphatic rings. The smallest absolute Gasteiger partial charge is 0.240 e. The maximum Gasteiger partial charge on any atom is 0.240 e. The number of rotatable bonds is 2. The fraction of sp³-hybridized carbons (Fsp3) is 0.111. The molecule has 0 saturated heterocycles. The molecule has 4 aromatic heterocycles. The lowest BCUT2D eigenvalue weighted by Gasteiger charge is -2.04. The van der Waals surface area contributed by atoms with Crippen LogP contribution in [0.3, 0.4) is 0 Å². The summed E-state index contributed by atoms with van der Waals surface area (Å²) in [6, 6.07) is 17.9. The molecule has 0 amide bonds. The zero-order valence-electron chi connectivity index (χ0n) is 20.2. The van der Waals surface area contributed by atoms with E-state index in [4.69, 9.17) is 20.4 Å². The number of hydrogen-bond acceptors (Lipinski definition) is 6. The number of nitriles is 2. The van der Waals surface area contributed by atoms with Gasteiger partial charge in [0.25, 0.3) is 0 Å². The molecular formula is C27H16B2N6OS. The first kappa shape index (κ1) is 22.9. The van der Waals surface area contributed by atoms with Gasteiger partial charge in [-0.2, -0.15) is 10.5 Å². The van der Waals surface area contributed by atoms with Gasteiger partial charge in [-0.1, -0.05) is 18.2 Å². The largest absolute Gasteiger partial charge is 0.435 e. The van der Waals surface area contributed by atoms with Crippen molar-refractivity contribution in [2.24, 2.45) is 0 Å². The predicted molar refractivity (Wildman–Crippen MR) is 146 cm³/mol. The van der Waals surface area contributed by atoms with E-state index in [1.54, 1.807) is 0 Å². The molecule has 6 aromatic rings. The number of thiazole rings is 1. The maximum absolute atomic E-state index is 10.2. The monoisotopic (exact) mass is 494 g/mol. The molecule has 0 saturated carbocycles. The van der Waals surface area contributed by atoms with Gasteiger partial charge >= 0.3 is 0 Å². The average molecular weight is 494 g/mol. The van der Waals surface area contributed by atoms with E-state index in [2.05, 4.69) is 22.1 Å². The van der Waals surface area contributed by atoms with Crippen LogP contribution in [0.2, 0.25) is 0 Å². The summed E-state index contributed by atoms with van der Waals surface area (Å²) in [6.45, 7) is 5.61. The van der Waals surface area contributed by atoms with Crippen LogP contribution in [-0.4, -0.2) is 34.9 Å². The molecule has 0 atom stereocenters. The van der Waals surface area contributed by atoms with Crippen molar-refractivity contribution in [3.8, 4) is 12.1 Å². The highest BCUT2D eigenvalue weighted by Gasteiger charge is 2.23. The molecule has 172 valence electrons. The minimum atomic E-state index is 0.163. The summed E-state index contributed by atoms with van der Waals surface area (Å²) in [7, 11) is 13.1.